The molecule has 0 atom stereocenters. The van der Waals surface area contributed by atoms with Crippen molar-refractivity contribution in [1.82, 2.24) is 9.97 Å². The van der Waals surface area contributed by atoms with Crippen LogP contribution in [0.4, 0.5) is 5.82 Å². The van der Waals surface area contributed by atoms with Crippen LogP contribution in [0.1, 0.15) is 26.3 Å². The molecule has 0 bridgehead atoms. The van der Waals surface area contributed by atoms with Gasteiger partial charge in [-0.15, -0.1) is 0 Å². The molecule has 3 aromatic rings. The van der Waals surface area contributed by atoms with Gasteiger partial charge in [0.05, 0.1) is 5.52 Å². The molecule has 0 fully saturated rings. The standard InChI is InChI=1S/C19H21N3/c1-13-9-8-12-15-16(13)20-17(14-10-6-5-7-11-14)21-18(15)22-19(2,3)4/h5-12H,1-4H3,(H,20,21,22). The number of benzene rings is 2. The number of hydrogen-bond donors (Lipinski definition) is 1. The van der Waals surface area contributed by atoms with Crippen LogP contribution < -0.4 is 5.32 Å². The maximum Gasteiger partial charge on any atom is 0.162 e. The highest BCUT2D eigenvalue weighted by molar-refractivity contribution is 5.92. The Labute approximate surface area is 131 Å². The molecule has 0 unspecified atom stereocenters. The fourth-order valence-electron chi connectivity index (χ4n) is 2.46. The lowest BCUT2D eigenvalue weighted by molar-refractivity contribution is 0.631. The Morgan fingerprint density at radius 2 is 1.59 bits per heavy atom. The zero-order chi connectivity index (χ0) is 15.7. The molecule has 1 heterocycles. The smallest absolute Gasteiger partial charge is 0.162 e. The van der Waals surface area contributed by atoms with Crippen molar-refractivity contribution in [2.24, 2.45) is 0 Å². The molecule has 0 saturated heterocycles. The third-order valence-corrected chi connectivity index (χ3v) is 3.45. The summed E-state index contributed by atoms with van der Waals surface area (Å²) in [4.78, 5) is 9.56. The van der Waals surface area contributed by atoms with Gasteiger partial charge in [-0.05, 0) is 39.3 Å². The van der Waals surface area contributed by atoms with Gasteiger partial charge in [0.25, 0.3) is 0 Å². The minimum Gasteiger partial charge on any atom is -0.365 e. The normalized spacial score (nSPS) is 11.6. The Balaban J connectivity index is 2.25. The van der Waals surface area contributed by atoms with Crippen LogP contribution in [0.2, 0.25) is 0 Å². The third kappa shape index (κ3) is 2.93. The molecule has 1 N–H and O–H groups in total. The van der Waals surface area contributed by atoms with Crippen molar-refractivity contribution < 1.29 is 0 Å². The van der Waals surface area contributed by atoms with Crippen LogP contribution >= 0.6 is 0 Å². The summed E-state index contributed by atoms with van der Waals surface area (Å²) in [7, 11) is 0. The van der Waals surface area contributed by atoms with Crippen LogP contribution in [0, 0.1) is 6.92 Å². The predicted octanol–water partition coefficient (Wildman–Crippen LogP) is 4.82. The van der Waals surface area contributed by atoms with Gasteiger partial charge in [0.15, 0.2) is 5.82 Å². The van der Waals surface area contributed by atoms with Gasteiger partial charge in [0.2, 0.25) is 0 Å². The van der Waals surface area contributed by atoms with Crippen LogP contribution in [0.3, 0.4) is 0 Å². The molecule has 22 heavy (non-hydrogen) atoms. The molecule has 3 nitrogen and oxygen atoms in total. The fourth-order valence-corrected chi connectivity index (χ4v) is 2.46. The number of para-hydroxylation sites is 1. The van der Waals surface area contributed by atoms with Crippen molar-refractivity contribution in [2.45, 2.75) is 33.2 Å². The van der Waals surface area contributed by atoms with Crippen molar-refractivity contribution in [3.63, 3.8) is 0 Å². The molecule has 0 radical (unpaired) electrons. The third-order valence-electron chi connectivity index (χ3n) is 3.45. The average Bonchev–Trinajstić information content (AvgIpc) is 2.47. The van der Waals surface area contributed by atoms with Gasteiger partial charge < -0.3 is 5.32 Å². The van der Waals surface area contributed by atoms with Crippen molar-refractivity contribution in [2.75, 3.05) is 5.32 Å². The quantitative estimate of drug-likeness (QED) is 0.736. The highest BCUT2D eigenvalue weighted by atomic mass is 15.1. The zero-order valence-electron chi connectivity index (χ0n) is 13.5. The largest absolute Gasteiger partial charge is 0.365 e. The van der Waals surface area contributed by atoms with E-state index in [0.717, 1.165) is 33.7 Å². The Hall–Kier alpha value is -2.42. The molecule has 0 aliphatic rings. The molecule has 112 valence electrons. The number of fused-ring (bicyclic) bond motifs is 1. The summed E-state index contributed by atoms with van der Waals surface area (Å²) in [5.41, 5.74) is 3.14. The number of rotatable bonds is 2. The monoisotopic (exact) mass is 291 g/mol. The summed E-state index contributed by atoms with van der Waals surface area (Å²) in [6.45, 7) is 8.50. The summed E-state index contributed by atoms with van der Waals surface area (Å²) in [6.07, 6.45) is 0. The van der Waals surface area contributed by atoms with E-state index in [0.29, 0.717) is 0 Å². The summed E-state index contributed by atoms with van der Waals surface area (Å²) < 4.78 is 0. The lowest BCUT2D eigenvalue weighted by atomic mass is 10.1. The molecule has 3 heteroatoms. The molecule has 2 aromatic carbocycles. The summed E-state index contributed by atoms with van der Waals surface area (Å²) in [6, 6.07) is 16.3. The van der Waals surface area contributed by atoms with E-state index >= 15 is 0 Å². The molecular weight excluding hydrogens is 270 g/mol. The first-order valence-electron chi connectivity index (χ1n) is 7.55. The summed E-state index contributed by atoms with van der Waals surface area (Å²) in [5, 5.41) is 4.57. The highest BCUT2D eigenvalue weighted by Gasteiger charge is 2.16. The van der Waals surface area contributed by atoms with Crippen molar-refractivity contribution in [1.29, 1.82) is 0 Å². The van der Waals surface area contributed by atoms with Crippen LogP contribution in [0.15, 0.2) is 48.5 Å². The summed E-state index contributed by atoms with van der Waals surface area (Å²) in [5.74, 6) is 1.65. The van der Waals surface area contributed by atoms with E-state index in [4.69, 9.17) is 9.97 Å². The predicted molar refractivity (Wildman–Crippen MR) is 93.1 cm³/mol. The first-order valence-corrected chi connectivity index (χ1v) is 7.55. The lowest BCUT2D eigenvalue weighted by Crippen LogP contribution is -2.27. The minimum absolute atomic E-state index is 0.0566. The number of hydrogen-bond acceptors (Lipinski definition) is 3. The first-order chi connectivity index (χ1) is 10.4. The van der Waals surface area contributed by atoms with Gasteiger partial charge in [-0.1, -0.05) is 42.5 Å². The molecule has 1 aromatic heterocycles. The molecule has 0 aliphatic heterocycles. The van der Waals surface area contributed by atoms with Crippen LogP contribution in [0.5, 0.6) is 0 Å². The molecule has 0 saturated carbocycles. The Bertz CT molecular complexity index is 802. The zero-order valence-corrected chi connectivity index (χ0v) is 13.5. The maximum atomic E-state index is 4.78. The van der Waals surface area contributed by atoms with Gasteiger partial charge in [0.1, 0.15) is 5.82 Å². The maximum absolute atomic E-state index is 4.78. The average molecular weight is 291 g/mol. The SMILES string of the molecule is Cc1cccc2c(NC(C)(C)C)nc(-c3ccccc3)nc12. The van der Waals surface area contributed by atoms with E-state index in [2.05, 4.69) is 51.2 Å². The number of aryl methyl sites for hydroxylation is 1. The minimum atomic E-state index is -0.0566. The Morgan fingerprint density at radius 1 is 0.864 bits per heavy atom. The topological polar surface area (TPSA) is 37.8 Å². The Morgan fingerprint density at radius 3 is 2.27 bits per heavy atom. The Kier molecular flexibility index (Phi) is 3.57. The van der Waals surface area contributed by atoms with E-state index in [1.807, 2.05) is 30.3 Å². The number of aromatic nitrogens is 2. The van der Waals surface area contributed by atoms with E-state index in [9.17, 15) is 0 Å². The van der Waals surface area contributed by atoms with Gasteiger partial charge >= 0.3 is 0 Å². The van der Waals surface area contributed by atoms with E-state index in [-0.39, 0.29) is 5.54 Å². The second-order valence-corrected chi connectivity index (χ2v) is 6.61. The van der Waals surface area contributed by atoms with E-state index < -0.39 is 0 Å². The van der Waals surface area contributed by atoms with E-state index in [1.165, 1.54) is 0 Å². The van der Waals surface area contributed by atoms with Crippen LogP contribution in [0.25, 0.3) is 22.3 Å². The number of nitrogens with one attached hydrogen (secondary N) is 1. The van der Waals surface area contributed by atoms with Crippen LogP contribution in [-0.2, 0) is 0 Å². The van der Waals surface area contributed by atoms with E-state index in [1.54, 1.807) is 0 Å². The second kappa shape index (κ2) is 5.41. The molecule has 0 aliphatic carbocycles. The van der Waals surface area contributed by atoms with Gasteiger partial charge in [-0.3, -0.25) is 0 Å². The fraction of sp³-hybridized carbons (Fsp3) is 0.263. The lowest BCUT2D eigenvalue weighted by Gasteiger charge is -2.23. The highest BCUT2D eigenvalue weighted by Crippen LogP contribution is 2.28. The number of nitrogens with zero attached hydrogens (tertiary/aromatic N) is 2. The number of anilines is 1. The van der Waals surface area contributed by atoms with Gasteiger partial charge in [-0.25, -0.2) is 9.97 Å². The molecule has 0 amide bonds. The second-order valence-electron chi connectivity index (χ2n) is 6.61. The van der Waals surface area contributed by atoms with Crippen LogP contribution in [-0.4, -0.2) is 15.5 Å². The van der Waals surface area contributed by atoms with Crippen molar-refractivity contribution >= 4 is 16.7 Å². The van der Waals surface area contributed by atoms with Crippen molar-refractivity contribution in [3.05, 3.63) is 54.1 Å². The van der Waals surface area contributed by atoms with Crippen molar-refractivity contribution in [3.8, 4) is 11.4 Å². The molecular formula is C19H21N3. The molecule has 0 spiro atoms. The van der Waals surface area contributed by atoms with Gasteiger partial charge in [0, 0.05) is 16.5 Å². The molecule has 3 rings (SSSR count). The first kappa shape index (κ1) is 14.5. The van der Waals surface area contributed by atoms with Gasteiger partial charge in [-0.2, -0.15) is 0 Å². The summed E-state index contributed by atoms with van der Waals surface area (Å²) >= 11 is 0.